The van der Waals surface area contributed by atoms with Crippen LogP contribution in [0.3, 0.4) is 0 Å². The van der Waals surface area contributed by atoms with Crippen LogP contribution in [0.25, 0.3) is 0 Å². The average molecular weight is 516 g/mol. The van der Waals surface area contributed by atoms with E-state index in [0.717, 1.165) is 10.5 Å². The smallest absolute Gasteiger partial charge is 0.241 e. The molecular weight excluding hydrogens is 498 g/mol. The Morgan fingerprint density at radius 2 is 1.57 bits per heavy atom. The second kappa shape index (κ2) is 7.50. The molecule has 0 radical (unpaired) electrons. The minimum absolute atomic E-state index is 0.0299. The highest BCUT2D eigenvalue weighted by molar-refractivity contribution is 6.37. The average Bonchev–Trinajstić information content (AvgIpc) is 3.62. The number of halogens is 1. The van der Waals surface area contributed by atoms with Crippen molar-refractivity contribution in [3.8, 4) is 11.5 Å². The molecule has 3 aromatic rings. The first-order valence-electron chi connectivity index (χ1n) is 11.7. The number of aryl methyl sites for hydroxylation is 1. The molecule has 9 heteroatoms. The summed E-state index contributed by atoms with van der Waals surface area (Å²) >= 11 is 6.23. The van der Waals surface area contributed by atoms with Gasteiger partial charge in [-0.25, -0.2) is 4.90 Å². The van der Waals surface area contributed by atoms with Gasteiger partial charge in [0.25, 0.3) is 0 Å². The molecule has 2 fully saturated rings. The number of Topliss-reactive ketones (excluding diaryl/α,β-unsaturated/α-hetero) is 2. The van der Waals surface area contributed by atoms with Crippen LogP contribution >= 0.6 is 11.6 Å². The van der Waals surface area contributed by atoms with Crippen LogP contribution in [0.1, 0.15) is 37.9 Å². The number of hydrogen-bond donors (Lipinski definition) is 0. The van der Waals surface area contributed by atoms with E-state index in [2.05, 4.69) is 0 Å². The molecule has 2 amide bonds. The van der Waals surface area contributed by atoms with E-state index in [1.54, 1.807) is 67.6 Å². The first kappa shape index (κ1) is 22.2. The number of imide groups is 1. The minimum atomic E-state index is -2.13. The number of anilines is 1. The SMILES string of the molecule is Cc1cc(C2OC3(C(=O)c4ccccc4C3=O)C3C(=O)N(c4ccc5c(c4)OCO5)C(=O)C23)ccc1Cl. The van der Waals surface area contributed by atoms with Crippen LogP contribution in [0.2, 0.25) is 5.02 Å². The van der Waals surface area contributed by atoms with Gasteiger partial charge in [0.2, 0.25) is 35.8 Å². The normalized spacial score (nSPS) is 24.8. The van der Waals surface area contributed by atoms with Gasteiger partial charge in [0, 0.05) is 22.2 Å². The summed E-state index contributed by atoms with van der Waals surface area (Å²) in [5.74, 6) is -3.98. The number of fused-ring (bicyclic) bond motifs is 4. The van der Waals surface area contributed by atoms with Crippen LogP contribution in [0.5, 0.6) is 11.5 Å². The number of rotatable bonds is 2. The van der Waals surface area contributed by atoms with Crippen LogP contribution in [0, 0.1) is 18.8 Å². The van der Waals surface area contributed by atoms with Crippen molar-refractivity contribution in [3.05, 3.63) is 87.9 Å². The summed E-state index contributed by atoms with van der Waals surface area (Å²) in [7, 11) is 0. The molecule has 2 saturated heterocycles. The van der Waals surface area contributed by atoms with E-state index >= 15 is 0 Å². The van der Waals surface area contributed by atoms with Gasteiger partial charge in [0.1, 0.15) is 0 Å². The molecule has 37 heavy (non-hydrogen) atoms. The van der Waals surface area contributed by atoms with Gasteiger partial charge in [-0.2, -0.15) is 0 Å². The molecule has 1 spiro atoms. The molecule has 3 unspecified atom stereocenters. The fourth-order valence-corrected chi connectivity index (χ4v) is 6.06. The van der Waals surface area contributed by atoms with E-state index in [1.807, 2.05) is 0 Å². The number of hydrogen-bond acceptors (Lipinski definition) is 7. The first-order chi connectivity index (χ1) is 17.8. The summed E-state index contributed by atoms with van der Waals surface area (Å²) in [6.45, 7) is 1.83. The molecule has 0 saturated carbocycles. The second-order valence-electron chi connectivity index (χ2n) is 9.54. The van der Waals surface area contributed by atoms with Crippen molar-refractivity contribution in [1.82, 2.24) is 0 Å². The number of ketones is 2. The van der Waals surface area contributed by atoms with Crippen molar-refractivity contribution in [1.29, 1.82) is 0 Å². The van der Waals surface area contributed by atoms with Gasteiger partial charge in [-0.1, -0.05) is 48.0 Å². The lowest BCUT2D eigenvalue weighted by atomic mass is 9.77. The Balaban J connectivity index is 1.41. The van der Waals surface area contributed by atoms with Crippen molar-refractivity contribution in [2.75, 3.05) is 11.7 Å². The van der Waals surface area contributed by atoms with Crippen molar-refractivity contribution in [2.24, 2.45) is 11.8 Å². The molecule has 184 valence electrons. The largest absolute Gasteiger partial charge is 0.454 e. The van der Waals surface area contributed by atoms with Crippen molar-refractivity contribution in [2.45, 2.75) is 18.6 Å². The molecule has 3 heterocycles. The number of carbonyl (C=O) groups is 4. The molecular formula is C28H18ClNO7. The molecule has 0 bridgehead atoms. The fraction of sp³-hybridized carbons (Fsp3) is 0.214. The highest BCUT2D eigenvalue weighted by Crippen LogP contribution is 2.58. The summed E-state index contributed by atoms with van der Waals surface area (Å²) in [6.07, 6.45) is -1.02. The Labute approximate surface area is 215 Å². The Bertz CT molecular complexity index is 1550. The molecule has 0 aromatic heterocycles. The van der Waals surface area contributed by atoms with Crippen LogP contribution in [0.4, 0.5) is 5.69 Å². The Kier molecular flexibility index (Phi) is 4.50. The number of ether oxygens (including phenoxy) is 3. The maximum Gasteiger partial charge on any atom is 0.241 e. The van der Waals surface area contributed by atoms with Gasteiger partial charge >= 0.3 is 0 Å². The highest BCUT2D eigenvalue weighted by Gasteiger charge is 2.74. The van der Waals surface area contributed by atoms with Crippen LogP contribution in [-0.4, -0.2) is 35.8 Å². The summed E-state index contributed by atoms with van der Waals surface area (Å²) in [5, 5.41) is 0.518. The Morgan fingerprint density at radius 1 is 0.865 bits per heavy atom. The maximum atomic E-state index is 14.0. The maximum absolute atomic E-state index is 14.0. The van der Waals surface area contributed by atoms with Crippen LogP contribution < -0.4 is 14.4 Å². The predicted octanol–water partition coefficient (Wildman–Crippen LogP) is 4.07. The van der Waals surface area contributed by atoms with E-state index in [4.69, 9.17) is 25.8 Å². The third-order valence-corrected chi connectivity index (χ3v) is 8.07. The zero-order chi connectivity index (χ0) is 25.6. The van der Waals surface area contributed by atoms with E-state index in [0.29, 0.717) is 22.1 Å². The van der Waals surface area contributed by atoms with Gasteiger partial charge < -0.3 is 14.2 Å². The minimum Gasteiger partial charge on any atom is -0.454 e. The van der Waals surface area contributed by atoms with E-state index in [-0.39, 0.29) is 23.6 Å². The van der Waals surface area contributed by atoms with E-state index in [1.165, 1.54) is 0 Å². The van der Waals surface area contributed by atoms with Gasteiger partial charge in [-0.3, -0.25) is 19.2 Å². The van der Waals surface area contributed by atoms with Crippen LogP contribution in [0.15, 0.2) is 60.7 Å². The standard InChI is InChI=1S/C28H18ClNO7/c1-13-10-14(6-8-18(13)29)23-21-22(28(37-23)24(31)16-4-2-3-5-17(16)25(28)32)27(34)30(26(21)33)15-7-9-19-20(11-15)36-12-35-19/h2-11,21-23H,12H2,1H3. The summed E-state index contributed by atoms with van der Waals surface area (Å²) in [5.41, 5.74) is -0.215. The monoisotopic (exact) mass is 515 g/mol. The van der Waals surface area contributed by atoms with Crippen LogP contribution in [-0.2, 0) is 14.3 Å². The Morgan fingerprint density at radius 3 is 2.27 bits per heavy atom. The van der Waals surface area contributed by atoms with Crippen molar-refractivity contribution in [3.63, 3.8) is 0 Å². The lowest BCUT2D eigenvalue weighted by molar-refractivity contribution is -0.127. The summed E-state index contributed by atoms with van der Waals surface area (Å²) < 4.78 is 17.1. The summed E-state index contributed by atoms with van der Waals surface area (Å²) in [4.78, 5) is 56.7. The number of nitrogens with zero attached hydrogens (tertiary/aromatic N) is 1. The Hall–Kier alpha value is -4.01. The third-order valence-electron chi connectivity index (χ3n) is 7.64. The zero-order valence-electron chi connectivity index (χ0n) is 19.4. The molecule has 3 aliphatic heterocycles. The lowest BCUT2D eigenvalue weighted by Crippen LogP contribution is -2.51. The van der Waals surface area contributed by atoms with Gasteiger partial charge in [0.15, 0.2) is 11.5 Å². The van der Waals surface area contributed by atoms with Crippen molar-refractivity contribution < 1.29 is 33.4 Å². The lowest BCUT2D eigenvalue weighted by Gasteiger charge is -2.27. The fourth-order valence-electron chi connectivity index (χ4n) is 5.94. The van der Waals surface area contributed by atoms with E-state index in [9.17, 15) is 19.2 Å². The predicted molar refractivity (Wildman–Crippen MR) is 130 cm³/mol. The van der Waals surface area contributed by atoms with Gasteiger partial charge in [0.05, 0.1) is 23.6 Å². The van der Waals surface area contributed by atoms with Gasteiger partial charge in [-0.05, 0) is 36.2 Å². The van der Waals surface area contributed by atoms with E-state index < -0.39 is 46.9 Å². The second-order valence-corrected chi connectivity index (χ2v) is 9.95. The molecule has 4 aliphatic rings. The third kappa shape index (κ3) is 2.77. The quantitative estimate of drug-likeness (QED) is 0.374. The first-order valence-corrected chi connectivity index (χ1v) is 12.1. The van der Waals surface area contributed by atoms with Gasteiger partial charge in [-0.15, -0.1) is 0 Å². The zero-order valence-corrected chi connectivity index (χ0v) is 20.2. The highest BCUT2D eigenvalue weighted by atomic mass is 35.5. The molecule has 7 rings (SSSR count). The molecule has 1 aliphatic carbocycles. The summed E-state index contributed by atoms with van der Waals surface area (Å²) in [6, 6.07) is 16.2. The molecule has 3 aromatic carbocycles. The molecule has 0 N–H and O–H groups in total. The number of amides is 2. The molecule has 3 atom stereocenters. The van der Waals surface area contributed by atoms with Crippen molar-refractivity contribution >= 4 is 40.7 Å². The molecule has 8 nitrogen and oxygen atoms in total. The number of benzene rings is 3. The number of carbonyl (C=O) groups excluding carboxylic acids is 4. The topological polar surface area (TPSA) is 99.2 Å².